The lowest BCUT2D eigenvalue weighted by Crippen LogP contribution is -2.34. The zero-order valence-corrected chi connectivity index (χ0v) is 20.6. The van der Waals surface area contributed by atoms with Crippen LogP contribution in [0.4, 0.5) is 5.69 Å². The molecule has 0 aromatic heterocycles. The maximum absolute atomic E-state index is 12.8. The summed E-state index contributed by atoms with van der Waals surface area (Å²) in [7, 11) is 0. The number of thiocarbonyl (C=S) groups is 1. The van der Waals surface area contributed by atoms with Crippen LogP contribution >= 0.6 is 28.1 Å². The van der Waals surface area contributed by atoms with Gasteiger partial charge < -0.3 is 15.0 Å². The number of ether oxygens (including phenoxy) is 1. The maximum Gasteiger partial charge on any atom is 0.261 e. The highest BCUT2D eigenvalue weighted by Crippen LogP contribution is 2.24. The van der Waals surface area contributed by atoms with Crippen LogP contribution in [0, 0.1) is 5.92 Å². The maximum atomic E-state index is 12.8. The second-order valence-electron chi connectivity index (χ2n) is 7.31. The first-order valence-corrected chi connectivity index (χ1v) is 11.4. The van der Waals surface area contributed by atoms with Crippen molar-refractivity contribution >= 4 is 50.8 Å². The topological polar surface area (TPSA) is 70.7 Å². The van der Waals surface area contributed by atoms with Crippen molar-refractivity contribution in [3.05, 3.63) is 58.1 Å². The molecule has 0 bridgehead atoms. The molecule has 0 aliphatic rings. The van der Waals surface area contributed by atoms with E-state index in [4.69, 9.17) is 17.0 Å². The van der Waals surface area contributed by atoms with E-state index in [1.165, 1.54) is 0 Å². The van der Waals surface area contributed by atoms with Crippen LogP contribution in [0.2, 0.25) is 0 Å². The fourth-order valence-corrected chi connectivity index (χ4v) is 3.39. The molecule has 0 fully saturated rings. The van der Waals surface area contributed by atoms with Gasteiger partial charge in [0.05, 0.1) is 12.2 Å². The van der Waals surface area contributed by atoms with Crippen LogP contribution in [0.1, 0.15) is 48.4 Å². The minimum atomic E-state index is -0.382. The number of hydrogen-bond acceptors (Lipinski definition) is 4. The van der Waals surface area contributed by atoms with Gasteiger partial charge in [0, 0.05) is 28.8 Å². The van der Waals surface area contributed by atoms with Gasteiger partial charge in [-0.2, -0.15) is 0 Å². The highest BCUT2D eigenvalue weighted by atomic mass is 79.9. The summed E-state index contributed by atoms with van der Waals surface area (Å²) in [6, 6.07) is 12.3. The van der Waals surface area contributed by atoms with Crippen molar-refractivity contribution in [2.75, 3.05) is 25.0 Å². The normalized spacial score (nSPS) is 10.5. The van der Waals surface area contributed by atoms with Crippen molar-refractivity contribution in [3.63, 3.8) is 0 Å². The molecule has 0 radical (unpaired) electrons. The molecule has 2 aromatic rings. The molecule has 0 atom stereocenters. The highest BCUT2D eigenvalue weighted by molar-refractivity contribution is 9.10. The Labute approximate surface area is 197 Å². The molecule has 2 amide bonds. The Morgan fingerprint density at radius 3 is 2.48 bits per heavy atom. The first-order chi connectivity index (χ1) is 14.7. The van der Waals surface area contributed by atoms with Crippen LogP contribution in [0.25, 0.3) is 0 Å². The van der Waals surface area contributed by atoms with Crippen molar-refractivity contribution in [1.82, 2.24) is 10.2 Å². The van der Waals surface area contributed by atoms with Crippen LogP contribution in [0.5, 0.6) is 5.75 Å². The van der Waals surface area contributed by atoms with E-state index in [9.17, 15) is 9.59 Å². The summed E-state index contributed by atoms with van der Waals surface area (Å²) in [5.41, 5.74) is 1.55. The number of benzene rings is 2. The highest BCUT2D eigenvalue weighted by Gasteiger charge is 2.16. The molecule has 6 nitrogen and oxygen atoms in total. The second-order valence-corrected chi connectivity index (χ2v) is 8.64. The number of carbonyl (C=O) groups excluding carboxylic acids is 2. The zero-order valence-electron chi connectivity index (χ0n) is 18.2. The molecule has 0 spiro atoms. The predicted octanol–water partition coefficient (Wildman–Crippen LogP) is 5.09. The smallest absolute Gasteiger partial charge is 0.261 e. The molecule has 2 rings (SSSR count). The van der Waals surface area contributed by atoms with E-state index in [1.807, 2.05) is 33.8 Å². The quantitative estimate of drug-likeness (QED) is 0.488. The Balaban J connectivity index is 2.10. The number of nitrogens with one attached hydrogen (secondary N) is 2. The molecular weight excluding hydrogens is 478 g/mol. The first-order valence-electron chi connectivity index (χ1n) is 10.2. The lowest BCUT2D eigenvalue weighted by molar-refractivity contribution is 0.0772. The molecule has 2 aromatic carbocycles. The Hall–Kier alpha value is -2.45. The minimum Gasteiger partial charge on any atom is -0.492 e. The van der Waals surface area contributed by atoms with Crippen molar-refractivity contribution in [1.29, 1.82) is 0 Å². The predicted molar refractivity (Wildman–Crippen MR) is 132 cm³/mol. The standard InChI is InChI=1S/C23H28BrN3O3S/c1-5-27(6-2)22(29)16-8-7-9-18(12-16)25-23(31)26-21(28)19-13-17(24)10-11-20(19)30-14-15(3)4/h7-13,15H,5-6,14H2,1-4H3,(H2,25,26,28,31). The average Bonchev–Trinajstić information content (AvgIpc) is 2.73. The van der Waals surface area contributed by atoms with Gasteiger partial charge in [-0.05, 0) is 68.4 Å². The molecule has 0 aliphatic carbocycles. The van der Waals surface area contributed by atoms with Crippen molar-refractivity contribution < 1.29 is 14.3 Å². The van der Waals surface area contributed by atoms with Gasteiger partial charge in [-0.15, -0.1) is 0 Å². The summed E-state index contributed by atoms with van der Waals surface area (Å²) in [6.07, 6.45) is 0. The number of rotatable bonds is 8. The summed E-state index contributed by atoms with van der Waals surface area (Å²) in [4.78, 5) is 27.1. The van der Waals surface area contributed by atoms with Gasteiger partial charge in [0.15, 0.2) is 5.11 Å². The molecule has 0 saturated heterocycles. The van der Waals surface area contributed by atoms with E-state index in [0.717, 1.165) is 4.47 Å². The number of nitrogens with zero attached hydrogens (tertiary/aromatic N) is 1. The SMILES string of the molecule is CCN(CC)C(=O)c1cccc(NC(=S)NC(=O)c2cc(Br)ccc2OCC(C)C)c1. The third-order valence-corrected chi connectivity index (χ3v) is 5.10. The molecule has 0 aliphatic heterocycles. The van der Waals surface area contributed by atoms with Gasteiger partial charge in [-0.25, -0.2) is 0 Å². The van der Waals surface area contributed by atoms with Gasteiger partial charge in [0.1, 0.15) is 5.75 Å². The third-order valence-electron chi connectivity index (χ3n) is 4.40. The molecule has 8 heteroatoms. The van der Waals surface area contributed by atoms with Gasteiger partial charge in [-0.1, -0.05) is 35.8 Å². The summed E-state index contributed by atoms with van der Waals surface area (Å²) < 4.78 is 6.53. The lowest BCUT2D eigenvalue weighted by Gasteiger charge is -2.19. The van der Waals surface area contributed by atoms with Crippen LogP contribution in [0.3, 0.4) is 0 Å². The monoisotopic (exact) mass is 505 g/mol. The van der Waals surface area contributed by atoms with E-state index in [2.05, 4.69) is 26.6 Å². The van der Waals surface area contributed by atoms with Crippen molar-refractivity contribution in [2.24, 2.45) is 5.92 Å². The average molecular weight is 506 g/mol. The van der Waals surface area contributed by atoms with Crippen molar-refractivity contribution in [3.8, 4) is 5.75 Å². The van der Waals surface area contributed by atoms with E-state index in [-0.39, 0.29) is 16.9 Å². The molecule has 2 N–H and O–H groups in total. The number of halogens is 1. The molecule has 0 heterocycles. The van der Waals surface area contributed by atoms with Crippen LogP contribution in [-0.4, -0.2) is 41.5 Å². The summed E-state index contributed by atoms with van der Waals surface area (Å²) in [6.45, 7) is 9.72. The minimum absolute atomic E-state index is 0.0512. The molecule has 0 saturated carbocycles. The van der Waals surface area contributed by atoms with Gasteiger partial charge in [-0.3, -0.25) is 14.9 Å². The van der Waals surface area contributed by atoms with Gasteiger partial charge >= 0.3 is 0 Å². The zero-order chi connectivity index (χ0) is 23.0. The Kier molecular flexibility index (Phi) is 9.45. The van der Waals surface area contributed by atoms with Crippen molar-refractivity contribution in [2.45, 2.75) is 27.7 Å². The van der Waals surface area contributed by atoms with E-state index < -0.39 is 0 Å². The van der Waals surface area contributed by atoms with Crippen LogP contribution < -0.4 is 15.4 Å². The van der Waals surface area contributed by atoms with E-state index >= 15 is 0 Å². The fraction of sp³-hybridized carbons (Fsp3) is 0.348. The van der Waals surface area contributed by atoms with Crippen LogP contribution in [-0.2, 0) is 0 Å². The number of hydrogen-bond donors (Lipinski definition) is 2. The molecular formula is C23H28BrN3O3S. The van der Waals surface area contributed by atoms with Gasteiger partial charge in [0.2, 0.25) is 0 Å². The number of amides is 2. The molecule has 31 heavy (non-hydrogen) atoms. The second kappa shape index (κ2) is 11.8. The lowest BCUT2D eigenvalue weighted by atomic mass is 10.1. The molecule has 166 valence electrons. The number of carbonyl (C=O) groups is 2. The summed E-state index contributed by atoms with van der Waals surface area (Å²) >= 11 is 8.70. The first kappa shape index (κ1) is 24.8. The van der Waals surface area contributed by atoms with Crippen LogP contribution in [0.15, 0.2) is 46.9 Å². The van der Waals surface area contributed by atoms with E-state index in [1.54, 1.807) is 41.3 Å². The fourth-order valence-electron chi connectivity index (χ4n) is 2.82. The number of anilines is 1. The van der Waals surface area contributed by atoms with E-state index in [0.29, 0.717) is 48.2 Å². The Morgan fingerprint density at radius 2 is 1.84 bits per heavy atom. The Morgan fingerprint density at radius 1 is 1.13 bits per heavy atom. The summed E-state index contributed by atoms with van der Waals surface area (Å²) in [5.74, 6) is 0.384. The molecule has 0 unspecified atom stereocenters. The van der Waals surface area contributed by atoms with Gasteiger partial charge in [0.25, 0.3) is 11.8 Å². The Bertz CT molecular complexity index is 945. The third kappa shape index (κ3) is 7.33. The largest absolute Gasteiger partial charge is 0.492 e. The summed E-state index contributed by atoms with van der Waals surface area (Å²) in [5, 5.41) is 5.78.